The molecule has 0 rings (SSSR count). The molecule has 60 valence electrons. The SMILES string of the molecule is C=CC(=NC(=C)C)/C(C)=C/C. The number of nitrogens with zero attached hydrogens (tertiary/aromatic N) is 1. The van der Waals surface area contributed by atoms with Crippen molar-refractivity contribution in [3.05, 3.63) is 36.6 Å². The van der Waals surface area contributed by atoms with E-state index in [-0.39, 0.29) is 0 Å². The van der Waals surface area contributed by atoms with Crippen LogP contribution in [0.2, 0.25) is 0 Å². The molecule has 0 aliphatic rings. The van der Waals surface area contributed by atoms with Crippen LogP contribution in [0.1, 0.15) is 20.8 Å². The Kier molecular flexibility index (Phi) is 4.20. The smallest absolute Gasteiger partial charge is 0.0652 e. The van der Waals surface area contributed by atoms with Crippen molar-refractivity contribution < 1.29 is 0 Å². The molecule has 0 amide bonds. The molecule has 1 heteroatoms. The van der Waals surface area contributed by atoms with Crippen molar-refractivity contribution in [2.24, 2.45) is 4.99 Å². The third-order valence-corrected chi connectivity index (χ3v) is 1.34. The third kappa shape index (κ3) is 3.56. The first-order chi connectivity index (χ1) is 5.11. The molecular formula is C10H15N. The summed E-state index contributed by atoms with van der Waals surface area (Å²) in [6.45, 7) is 13.2. The van der Waals surface area contributed by atoms with Gasteiger partial charge in [-0.3, -0.25) is 4.99 Å². The van der Waals surface area contributed by atoms with Crippen molar-refractivity contribution in [3.8, 4) is 0 Å². The van der Waals surface area contributed by atoms with Gasteiger partial charge < -0.3 is 0 Å². The van der Waals surface area contributed by atoms with Gasteiger partial charge in [-0.25, -0.2) is 0 Å². The summed E-state index contributed by atoms with van der Waals surface area (Å²) in [6, 6.07) is 0. The predicted molar refractivity (Wildman–Crippen MR) is 51.9 cm³/mol. The number of allylic oxidation sites excluding steroid dienone is 4. The number of hydrogen-bond donors (Lipinski definition) is 0. The molecule has 0 aromatic rings. The Bertz CT molecular complexity index is 219. The van der Waals surface area contributed by atoms with E-state index in [1.807, 2.05) is 26.8 Å². The van der Waals surface area contributed by atoms with Crippen LogP contribution in [-0.2, 0) is 0 Å². The Balaban J connectivity index is 4.67. The van der Waals surface area contributed by atoms with Crippen LogP contribution in [-0.4, -0.2) is 5.71 Å². The maximum atomic E-state index is 4.20. The lowest BCUT2D eigenvalue weighted by Gasteiger charge is -1.99. The highest BCUT2D eigenvalue weighted by Crippen LogP contribution is 2.01. The summed E-state index contributed by atoms with van der Waals surface area (Å²) in [4.78, 5) is 4.20. The predicted octanol–water partition coefficient (Wildman–Crippen LogP) is 3.11. The Morgan fingerprint density at radius 2 is 1.91 bits per heavy atom. The molecule has 11 heavy (non-hydrogen) atoms. The van der Waals surface area contributed by atoms with Crippen molar-refractivity contribution in [1.82, 2.24) is 0 Å². The van der Waals surface area contributed by atoms with E-state index in [1.165, 1.54) is 0 Å². The zero-order valence-corrected chi connectivity index (χ0v) is 7.52. The topological polar surface area (TPSA) is 12.4 Å². The largest absolute Gasteiger partial charge is 0.254 e. The molecule has 0 bridgehead atoms. The first-order valence-corrected chi connectivity index (χ1v) is 3.61. The Morgan fingerprint density at radius 1 is 1.36 bits per heavy atom. The molecular weight excluding hydrogens is 134 g/mol. The minimum Gasteiger partial charge on any atom is -0.254 e. The molecule has 0 unspecified atom stereocenters. The van der Waals surface area contributed by atoms with E-state index >= 15 is 0 Å². The summed E-state index contributed by atoms with van der Waals surface area (Å²) in [5, 5.41) is 0. The first kappa shape index (κ1) is 9.89. The quantitative estimate of drug-likeness (QED) is 0.547. The van der Waals surface area contributed by atoms with Gasteiger partial charge in [-0.05, 0) is 32.4 Å². The summed E-state index contributed by atoms with van der Waals surface area (Å²) in [7, 11) is 0. The van der Waals surface area contributed by atoms with Crippen LogP contribution >= 0.6 is 0 Å². The van der Waals surface area contributed by atoms with Crippen LogP contribution in [0.15, 0.2) is 41.6 Å². The zero-order valence-electron chi connectivity index (χ0n) is 7.52. The second kappa shape index (κ2) is 4.67. The van der Waals surface area contributed by atoms with Gasteiger partial charge in [0.15, 0.2) is 0 Å². The molecule has 0 heterocycles. The van der Waals surface area contributed by atoms with Gasteiger partial charge >= 0.3 is 0 Å². The van der Waals surface area contributed by atoms with Gasteiger partial charge in [-0.1, -0.05) is 19.2 Å². The maximum Gasteiger partial charge on any atom is 0.0652 e. The lowest BCUT2D eigenvalue weighted by atomic mass is 10.2. The van der Waals surface area contributed by atoms with Gasteiger partial charge in [0.2, 0.25) is 0 Å². The molecule has 0 aromatic heterocycles. The number of rotatable bonds is 3. The first-order valence-electron chi connectivity index (χ1n) is 3.61. The monoisotopic (exact) mass is 149 g/mol. The highest BCUT2D eigenvalue weighted by atomic mass is 14.7. The molecule has 0 atom stereocenters. The molecule has 0 radical (unpaired) electrons. The van der Waals surface area contributed by atoms with Crippen LogP contribution in [0.5, 0.6) is 0 Å². The molecule has 1 nitrogen and oxygen atoms in total. The normalized spacial score (nSPS) is 13.0. The average molecular weight is 149 g/mol. The van der Waals surface area contributed by atoms with Gasteiger partial charge in [0, 0.05) is 5.70 Å². The molecule has 0 aliphatic carbocycles. The summed E-state index contributed by atoms with van der Waals surface area (Å²) in [5.41, 5.74) is 2.84. The lowest BCUT2D eigenvalue weighted by Crippen LogP contribution is -1.94. The minimum absolute atomic E-state index is 0.807. The van der Waals surface area contributed by atoms with Crippen molar-refractivity contribution >= 4 is 5.71 Å². The molecule has 0 saturated heterocycles. The van der Waals surface area contributed by atoms with Crippen LogP contribution in [0.25, 0.3) is 0 Å². The standard InChI is InChI=1S/C10H15N/c1-6-9(5)10(7-2)11-8(3)4/h6-7H,2-3H2,1,4-5H3/b9-6+,11-10?. The fraction of sp³-hybridized carbons (Fsp3) is 0.300. The molecule has 0 N–H and O–H groups in total. The van der Waals surface area contributed by atoms with Crippen LogP contribution in [0, 0.1) is 0 Å². The van der Waals surface area contributed by atoms with E-state index in [0.29, 0.717) is 0 Å². The van der Waals surface area contributed by atoms with Crippen molar-refractivity contribution in [1.29, 1.82) is 0 Å². The van der Waals surface area contributed by atoms with Crippen molar-refractivity contribution in [2.45, 2.75) is 20.8 Å². The summed E-state index contributed by atoms with van der Waals surface area (Å²) in [6.07, 6.45) is 3.74. The minimum atomic E-state index is 0.807. The van der Waals surface area contributed by atoms with Gasteiger partial charge in [0.05, 0.1) is 5.71 Å². The van der Waals surface area contributed by atoms with E-state index in [4.69, 9.17) is 0 Å². The van der Waals surface area contributed by atoms with E-state index in [1.54, 1.807) is 6.08 Å². The van der Waals surface area contributed by atoms with E-state index in [0.717, 1.165) is 17.0 Å². The molecule has 0 fully saturated rings. The maximum absolute atomic E-state index is 4.20. The van der Waals surface area contributed by atoms with E-state index in [2.05, 4.69) is 18.2 Å². The molecule has 0 aromatic carbocycles. The second-order valence-corrected chi connectivity index (χ2v) is 2.41. The highest BCUT2D eigenvalue weighted by Gasteiger charge is 1.93. The fourth-order valence-electron chi connectivity index (χ4n) is 0.648. The van der Waals surface area contributed by atoms with Gasteiger partial charge in [-0.2, -0.15) is 0 Å². The fourth-order valence-corrected chi connectivity index (χ4v) is 0.648. The molecule has 0 saturated carbocycles. The van der Waals surface area contributed by atoms with Crippen LogP contribution < -0.4 is 0 Å². The third-order valence-electron chi connectivity index (χ3n) is 1.34. The highest BCUT2D eigenvalue weighted by molar-refractivity contribution is 6.08. The molecule has 0 aliphatic heterocycles. The Morgan fingerprint density at radius 3 is 2.18 bits per heavy atom. The number of hydrogen-bond acceptors (Lipinski definition) is 1. The van der Waals surface area contributed by atoms with Crippen molar-refractivity contribution in [3.63, 3.8) is 0 Å². The second-order valence-electron chi connectivity index (χ2n) is 2.41. The number of aliphatic imine (C=N–C) groups is 1. The summed E-state index contributed by atoms with van der Waals surface area (Å²) >= 11 is 0. The average Bonchev–Trinajstić information content (AvgIpc) is 1.98. The Labute approximate surface area is 68.9 Å². The molecule has 0 spiro atoms. The van der Waals surface area contributed by atoms with Crippen LogP contribution in [0.3, 0.4) is 0 Å². The van der Waals surface area contributed by atoms with E-state index < -0.39 is 0 Å². The summed E-state index contributed by atoms with van der Waals surface area (Å²) < 4.78 is 0. The van der Waals surface area contributed by atoms with Gasteiger partial charge in [0.25, 0.3) is 0 Å². The van der Waals surface area contributed by atoms with Gasteiger partial charge in [0.1, 0.15) is 0 Å². The lowest BCUT2D eigenvalue weighted by molar-refractivity contribution is 1.31. The van der Waals surface area contributed by atoms with Crippen molar-refractivity contribution in [2.75, 3.05) is 0 Å². The van der Waals surface area contributed by atoms with Crippen LogP contribution in [0.4, 0.5) is 0 Å². The zero-order chi connectivity index (χ0) is 8.85. The summed E-state index contributed by atoms with van der Waals surface area (Å²) in [5.74, 6) is 0. The van der Waals surface area contributed by atoms with Gasteiger partial charge in [-0.15, -0.1) is 0 Å². The Hall–Kier alpha value is -1.11. The van der Waals surface area contributed by atoms with E-state index in [9.17, 15) is 0 Å².